The molecule has 1 heterocycles. The van der Waals surface area contributed by atoms with Gasteiger partial charge in [-0.2, -0.15) is 0 Å². The van der Waals surface area contributed by atoms with Crippen molar-refractivity contribution in [1.82, 2.24) is 9.80 Å². The molecule has 1 saturated heterocycles. The first-order valence-corrected chi connectivity index (χ1v) is 6.90. The fourth-order valence-corrected chi connectivity index (χ4v) is 2.42. The summed E-state index contributed by atoms with van der Waals surface area (Å²) in [5.41, 5.74) is 2.26. The third-order valence-corrected chi connectivity index (χ3v) is 3.48. The number of rotatable bonds is 3. The summed E-state index contributed by atoms with van der Waals surface area (Å²) in [5.74, 6) is 0. The van der Waals surface area contributed by atoms with Gasteiger partial charge in [0.2, 0.25) is 0 Å². The van der Waals surface area contributed by atoms with E-state index in [2.05, 4.69) is 23.2 Å². The normalized spacial score (nSPS) is 16.3. The van der Waals surface area contributed by atoms with E-state index < -0.39 is 0 Å². The minimum atomic E-state index is 0.754. The number of nitrogens with zero attached hydrogens (tertiary/aromatic N) is 2. The minimum absolute atomic E-state index is 0.754. The van der Waals surface area contributed by atoms with Crippen molar-refractivity contribution in [1.29, 1.82) is 0 Å². The van der Waals surface area contributed by atoms with Gasteiger partial charge < -0.3 is 14.5 Å². The molecule has 0 unspecified atom stereocenters. The predicted octanol–water partition coefficient (Wildman–Crippen LogP) is 2.25. The Morgan fingerprint density at radius 2 is 1.84 bits per heavy atom. The van der Waals surface area contributed by atoms with E-state index in [0.29, 0.717) is 0 Å². The standard InChI is InChI=1S/C15H20N2OS/c1-16(2)12-14(13-6-4-3-5-7-13)15(19)17-8-10-18-11-9-17/h3-7,12H,8-11H2,1-2H3. The monoisotopic (exact) mass is 276 g/mol. The molecule has 0 spiro atoms. The Bertz CT molecular complexity index is 450. The predicted molar refractivity (Wildman–Crippen MR) is 83.1 cm³/mol. The first-order valence-electron chi connectivity index (χ1n) is 6.49. The van der Waals surface area contributed by atoms with Crippen molar-refractivity contribution in [3.8, 4) is 0 Å². The molecule has 0 aliphatic carbocycles. The zero-order valence-electron chi connectivity index (χ0n) is 11.5. The maximum atomic E-state index is 5.67. The molecule has 0 aromatic heterocycles. The Hall–Kier alpha value is -1.39. The summed E-state index contributed by atoms with van der Waals surface area (Å²) in [4.78, 5) is 5.17. The van der Waals surface area contributed by atoms with E-state index in [1.807, 2.05) is 37.2 Å². The van der Waals surface area contributed by atoms with E-state index in [1.165, 1.54) is 0 Å². The van der Waals surface area contributed by atoms with Crippen LogP contribution >= 0.6 is 12.2 Å². The highest BCUT2D eigenvalue weighted by Crippen LogP contribution is 2.19. The molecule has 0 atom stereocenters. The minimum Gasteiger partial charge on any atom is -0.383 e. The lowest BCUT2D eigenvalue weighted by Gasteiger charge is -2.30. The van der Waals surface area contributed by atoms with E-state index in [-0.39, 0.29) is 0 Å². The first-order chi connectivity index (χ1) is 9.18. The Morgan fingerprint density at radius 3 is 2.42 bits per heavy atom. The Morgan fingerprint density at radius 1 is 1.21 bits per heavy atom. The van der Waals surface area contributed by atoms with Gasteiger partial charge in [-0.25, -0.2) is 0 Å². The molecule has 102 valence electrons. The molecule has 1 aliphatic rings. The maximum Gasteiger partial charge on any atom is 0.111 e. The highest BCUT2D eigenvalue weighted by Gasteiger charge is 2.18. The van der Waals surface area contributed by atoms with Crippen LogP contribution in [0, 0.1) is 0 Å². The van der Waals surface area contributed by atoms with Gasteiger partial charge in [0.05, 0.1) is 13.2 Å². The van der Waals surface area contributed by atoms with Gasteiger partial charge in [0, 0.05) is 39.0 Å². The summed E-state index contributed by atoms with van der Waals surface area (Å²) < 4.78 is 5.39. The van der Waals surface area contributed by atoms with Gasteiger partial charge in [-0.1, -0.05) is 42.5 Å². The van der Waals surface area contributed by atoms with Crippen molar-refractivity contribution < 1.29 is 4.74 Å². The van der Waals surface area contributed by atoms with Crippen LogP contribution in [-0.2, 0) is 4.74 Å². The summed E-state index contributed by atoms with van der Waals surface area (Å²) in [6, 6.07) is 10.3. The number of ether oxygens (including phenoxy) is 1. The number of benzene rings is 1. The van der Waals surface area contributed by atoms with Gasteiger partial charge in [-0.05, 0) is 5.56 Å². The fraction of sp³-hybridized carbons (Fsp3) is 0.400. The smallest absolute Gasteiger partial charge is 0.111 e. The zero-order chi connectivity index (χ0) is 13.7. The molecule has 0 radical (unpaired) electrons. The summed E-state index contributed by atoms with van der Waals surface area (Å²) in [6.07, 6.45) is 2.09. The van der Waals surface area contributed by atoms with Gasteiger partial charge in [-0.15, -0.1) is 0 Å². The fourth-order valence-electron chi connectivity index (χ4n) is 2.07. The van der Waals surface area contributed by atoms with Crippen LogP contribution in [0.5, 0.6) is 0 Å². The average Bonchev–Trinajstić information content (AvgIpc) is 2.46. The Balaban J connectivity index is 2.25. The van der Waals surface area contributed by atoms with Crippen LogP contribution in [0.15, 0.2) is 36.5 Å². The van der Waals surface area contributed by atoms with E-state index in [0.717, 1.165) is 42.4 Å². The molecule has 0 N–H and O–H groups in total. The van der Waals surface area contributed by atoms with Crippen LogP contribution in [0.2, 0.25) is 0 Å². The first kappa shape index (κ1) is 14.0. The SMILES string of the molecule is CN(C)C=C(C(=S)N1CCOCC1)c1ccccc1. The van der Waals surface area contributed by atoms with Crippen molar-refractivity contribution in [2.75, 3.05) is 40.4 Å². The van der Waals surface area contributed by atoms with Crippen LogP contribution in [0.1, 0.15) is 5.56 Å². The van der Waals surface area contributed by atoms with E-state index >= 15 is 0 Å². The summed E-state index contributed by atoms with van der Waals surface area (Å²) >= 11 is 5.67. The molecule has 1 aliphatic heterocycles. The van der Waals surface area contributed by atoms with Crippen molar-refractivity contribution >= 4 is 22.8 Å². The Labute approximate surface area is 120 Å². The molecule has 3 nitrogen and oxygen atoms in total. The highest BCUT2D eigenvalue weighted by molar-refractivity contribution is 7.81. The topological polar surface area (TPSA) is 15.7 Å². The van der Waals surface area contributed by atoms with E-state index in [9.17, 15) is 0 Å². The molecule has 19 heavy (non-hydrogen) atoms. The third-order valence-electron chi connectivity index (χ3n) is 3.00. The van der Waals surface area contributed by atoms with Gasteiger partial charge in [0.25, 0.3) is 0 Å². The molecule has 0 bridgehead atoms. The lowest BCUT2D eigenvalue weighted by Crippen LogP contribution is -2.40. The van der Waals surface area contributed by atoms with Crippen molar-refractivity contribution in [2.45, 2.75) is 0 Å². The van der Waals surface area contributed by atoms with E-state index in [1.54, 1.807) is 0 Å². The van der Waals surface area contributed by atoms with Crippen molar-refractivity contribution in [2.24, 2.45) is 0 Å². The quantitative estimate of drug-likeness (QED) is 0.621. The second-order valence-corrected chi connectivity index (χ2v) is 5.16. The molecule has 1 aromatic carbocycles. The van der Waals surface area contributed by atoms with Gasteiger partial charge in [0.15, 0.2) is 0 Å². The van der Waals surface area contributed by atoms with Crippen LogP contribution in [0.25, 0.3) is 5.57 Å². The number of hydrogen-bond donors (Lipinski definition) is 0. The van der Waals surface area contributed by atoms with Crippen LogP contribution in [-0.4, -0.2) is 55.2 Å². The lowest BCUT2D eigenvalue weighted by atomic mass is 10.1. The molecule has 1 aromatic rings. The number of morpholine rings is 1. The largest absolute Gasteiger partial charge is 0.383 e. The van der Waals surface area contributed by atoms with Crippen molar-refractivity contribution in [3.05, 3.63) is 42.1 Å². The van der Waals surface area contributed by atoms with Gasteiger partial charge in [-0.3, -0.25) is 0 Å². The molecular formula is C15H20N2OS. The van der Waals surface area contributed by atoms with E-state index in [4.69, 9.17) is 17.0 Å². The molecule has 2 rings (SSSR count). The maximum absolute atomic E-state index is 5.67. The number of hydrogen-bond acceptors (Lipinski definition) is 3. The Kier molecular flexibility index (Phi) is 4.93. The third kappa shape index (κ3) is 3.78. The average molecular weight is 276 g/mol. The second-order valence-electron chi connectivity index (χ2n) is 4.78. The summed E-state index contributed by atoms with van der Waals surface area (Å²) in [7, 11) is 4.04. The van der Waals surface area contributed by atoms with Gasteiger partial charge in [0.1, 0.15) is 4.99 Å². The van der Waals surface area contributed by atoms with Crippen LogP contribution in [0.4, 0.5) is 0 Å². The highest BCUT2D eigenvalue weighted by atomic mass is 32.1. The van der Waals surface area contributed by atoms with Gasteiger partial charge >= 0.3 is 0 Å². The molecule has 0 amide bonds. The summed E-state index contributed by atoms with van der Waals surface area (Å²) in [5, 5.41) is 0. The molecule has 4 heteroatoms. The molecular weight excluding hydrogens is 256 g/mol. The number of thiocarbonyl (C=S) groups is 1. The zero-order valence-corrected chi connectivity index (χ0v) is 12.3. The van der Waals surface area contributed by atoms with Crippen LogP contribution < -0.4 is 0 Å². The second kappa shape index (κ2) is 6.68. The lowest BCUT2D eigenvalue weighted by molar-refractivity contribution is 0.0696. The van der Waals surface area contributed by atoms with Crippen molar-refractivity contribution in [3.63, 3.8) is 0 Å². The molecule has 0 saturated carbocycles. The summed E-state index contributed by atoms with van der Waals surface area (Å²) in [6.45, 7) is 3.25. The van der Waals surface area contributed by atoms with Crippen LogP contribution in [0.3, 0.4) is 0 Å². The molecule has 1 fully saturated rings.